The summed E-state index contributed by atoms with van der Waals surface area (Å²) in [5, 5.41) is 9.91. The Morgan fingerprint density at radius 2 is 1.82 bits per heavy atom. The van der Waals surface area contributed by atoms with E-state index < -0.39 is 9.05 Å². The lowest BCUT2D eigenvalue weighted by molar-refractivity contribution is 0.446. The molecule has 0 aliphatic heterocycles. The highest BCUT2D eigenvalue weighted by molar-refractivity contribution is 8.13. The van der Waals surface area contributed by atoms with Crippen LogP contribution in [0.2, 0.25) is 0 Å². The lowest BCUT2D eigenvalue weighted by Crippen LogP contribution is -2.12. The van der Waals surface area contributed by atoms with Crippen molar-refractivity contribution in [1.82, 2.24) is 0 Å². The SMILES string of the molecule is Cc1cc(C(C)(C)C)c(O)cc1CS(=O)(=O)Cl. The van der Waals surface area contributed by atoms with E-state index in [-0.39, 0.29) is 16.9 Å². The average Bonchev–Trinajstić information content (AvgIpc) is 2.06. The van der Waals surface area contributed by atoms with Crippen molar-refractivity contribution < 1.29 is 13.5 Å². The van der Waals surface area contributed by atoms with Gasteiger partial charge in [-0.25, -0.2) is 8.42 Å². The third-order valence-electron chi connectivity index (χ3n) is 2.59. The minimum Gasteiger partial charge on any atom is -0.508 e. The molecule has 0 unspecified atom stereocenters. The van der Waals surface area contributed by atoms with Gasteiger partial charge in [-0.15, -0.1) is 0 Å². The summed E-state index contributed by atoms with van der Waals surface area (Å²) in [7, 11) is 1.61. The van der Waals surface area contributed by atoms with E-state index in [9.17, 15) is 13.5 Å². The van der Waals surface area contributed by atoms with E-state index in [2.05, 4.69) is 0 Å². The molecule has 1 rings (SSSR count). The zero-order valence-corrected chi connectivity index (χ0v) is 12.0. The number of phenols is 1. The third kappa shape index (κ3) is 3.89. The summed E-state index contributed by atoms with van der Waals surface area (Å²) in [6, 6.07) is 3.29. The molecule has 17 heavy (non-hydrogen) atoms. The molecule has 96 valence electrons. The topological polar surface area (TPSA) is 54.4 Å². The lowest BCUT2D eigenvalue weighted by Gasteiger charge is -2.22. The summed E-state index contributed by atoms with van der Waals surface area (Å²) in [5.74, 6) is -0.156. The molecule has 1 aromatic rings. The minimum atomic E-state index is -3.60. The molecule has 0 aliphatic carbocycles. The molecular formula is C12H17ClO3S. The molecule has 0 aromatic heterocycles. The second-order valence-electron chi connectivity index (χ2n) is 5.23. The molecule has 0 spiro atoms. The predicted molar refractivity (Wildman–Crippen MR) is 70.0 cm³/mol. The number of phenolic OH excluding ortho intramolecular Hbond substituents is 1. The highest BCUT2D eigenvalue weighted by Crippen LogP contribution is 2.33. The van der Waals surface area contributed by atoms with Crippen LogP contribution in [-0.2, 0) is 20.2 Å². The van der Waals surface area contributed by atoms with Gasteiger partial charge in [0.25, 0.3) is 0 Å². The zero-order chi connectivity index (χ0) is 13.4. The van der Waals surface area contributed by atoms with Crippen LogP contribution >= 0.6 is 10.7 Å². The van der Waals surface area contributed by atoms with Crippen molar-refractivity contribution in [3.8, 4) is 5.75 Å². The van der Waals surface area contributed by atoms with Crippen LogP contribution < -0.4 is 0 Å². The fourth-order valence-electron chi connectivity index (χ4n) is 1.68. The number of aryl methyl sites for hydroxylation is 1. The molecule has 0 heterocycles. The fourth-order valence-corrected chi connectivity index (χ4v) is 2.72. The first-order valence-corrected chi connectivity index (χ1v) is 7.74. The summed E-state index contributed by atoms with van der Waals surface area (Å²) in [4.78, 5) is 0. The van der Waals surface area contributed by atoms with E-state index in [0.717, 1.165) is 11.1 Å². The molecule has 1 N–H and O–H groups in total. The molecule has 0 atom stereocenters. The Bertz CT molecular complexity index is 527. The Hall–Kier alpha value is -0.740. The van der Waals surface area contributed by atoms with Crippen molar-refractivity contribution >= 4 is 19.7 Å². The first-order chi connectivity index (χ1) is 7.50. The van der Waals surface area contributed by atoms with Crippen LogP contribution in [0, 0.1) is 6.92 Å². The molecule has 0 saturated heterocycles. The molecule has 0 saturated carbocycles. The fraction of sp³-hybridized carbons (Fsp3) is 0.500. The van der Waals surface area contributed by atoms with Gasteiger partial charge in [-0.3, -0.25) is 0 Å². The van der Waals surface area contributed by atoms with Crippen LogP contribution in [0.3, 0.4) is 0 Å². The maximum Gasteiger partial charge on any atom is 0.236 e. The first kappa shape index (κ1) is 14.3. The molecule has 0 aliphatic rings. The lowest BCUT2D eigenvalue weighted by atomic mass is 9.84. The van der Waals surface area contributed by atoms with Gasteiger partial charge in [-0.05, 0) is 35.1 Å². The van der Waals surface area contributed by atoms with E-state index in [1.807, 2.05) is 33.8 Å². The monoisotopic (exact) mass is 276 g/mol. The van der Waals surface area contributed by atoms with Gasteiger partial charge in [0.1, 0.15) is 5.75 Å². The van der Waals surface area contributed by atoms with Crippen LogP contribution in [0.4, 0.5) is 0 Å². The smallest absolute Gasteiger partial charge is 0.236 e. The Kier molecular flexibility index (Phi) is 3.79. The standard InChI is InChI=1S/C12H17ClO3S/c1-8-5-10(12(2,3)4)11(14)6-9(8)7-17(13,15)16/h5-6,14H,7H2,1-4H3. The molecule has 0 radical (unpaired) electrons. The van der Waals surface area contributed by atoms with Crippen LogP contribution in [0.5, 0.6) is 5.75 Å². The normalized spacial score (nSPS) is 12.8. The number of halogens is 1. The number of hydrogen-bond acceptors (Lipinski definition) is 3. The van der Waals surface area contributed by atoms with E-state index in [1.165, 1.54) is 6.07 Å². The Labute approximate surface area is 107 Å². The average molecular weight is 277 g/mol. The van der Waals surface area contributed by atoms with Crippen LogP contribution in [0.15, 0.2) is 12.1 Å². The van der Waals surface area contributed by atoms with E-state index in [4.69, 9.17) is 10.7 Å². The summed E-state index contributed by atoms with van der Waals surface area (Å²) in [6.07, 6.45) is 0. The zero-order valence-electron chi connectivity index (χ0n) is 10.4. The summed E-state index contributed by atoms with van der Waals surface area (Å²) >= 11 is 0. The van der Waals surface area contributed by atoms with Crippen LogP contribution in [-0.4, -0.2) is 13.5 Å². The number of hydrogen-bond donors (Lipinski definition) is 1. The molecule has 0 bridgehead atoms. The highest BCUT2D eigenvalue weighted by Gasteiger charge is 2.20. The number of rotatable bonds is 2. The first-order valence-electron chi connectivity index (χ1n) is 5.26. The molecule has 0 amide bonds. The van der Waals surface area contributed by atoms with Crippen molar-refractivity contribution in [2.45, 2.75) is 38.9 Å². The molecular weight excluding hydrogens is 260 g/mol. The molecule has 5 heteroatoms. The maximum absolute atomic E-state index is 11.0. The van der Waals surface area contributed by atoms with E-state index >= 15 is 0 Å². The number of aromatic hydroxyl groups is 1. The van der Waals surface area contributed by atoms with Crippen molar-refractivity contribution in [3.05, 3.63) is 28.8 Å². The van der Waals surface area contributed by atoms with Crippen LogP contribution in [0.25, 0.3) is 0 Å². The molecule has 1 aromatic carbocycles. The molecule has 0 fully saturated rings. The number of benzene rings is 1. The van der Waals surface area contributed by atoms with Gasteiger partial charge < -0.3 is 5.11 Å². The second kappa shape index (κ2) is 4.50. The van der Waals surface area contributed by atoms with E-state index in [0.29, 0.717) is 5.56 Å². The van der Waals surface area contributed by atoms with Gasteiger partial charge in [0, 0.05) is 10.7 Å². The van der Waals surface area contributed by atoms with Crippen molar-refractivity contribution in [2.24, 2.45) is 0 Å². The largest absolute Gasteiger partial charge is 0.508 e. The predicted octanol–water partition coefficient (Wildman–Crippen LogP) is 3.07. The third-order valence-corrected chi connectivity index (χ3v) is 3.57. The van der Waals surface area contributed by atoms with Crippen molar-refractivity contribution in [2.75, 3.05) is 0 Å². The summed E-state index contributed by atoms with van der Waals surface area (Å²) < 4.78 is 22.1. The maximum atomic E-state index is 11.0. The van der Waals surface area contributed by atoms with Crippen LogP contribution in [0.1, 0.15) is 37.5 Å². The minimum absolute atomic E-state index is 0.110. The Morgan fingerprint density at radius 3 is 2.24 bits per heavy atom. The van der Waals surface area contributed by atoms with Gasteiger partial charge in [-0.1, -0.05) is 26.8 Å². The summed E-state index contributed by atoms with van der Waals surface area (Å²) in [5.41, 5.74) is 1.96. The Morgan fingerprint density at radius 1 is 1.29 bits per heavy atom. The van der Waals surface area contributed by atoms with Gasteiger partial charge >= 0.3 is 0 Å². The van der Waals surface area contributed by atoms with Crippen molar-refractivity contribution in [3.63, 3.8) is 0 Å². The Balaban J connectivity index is 3.29. The van der Waals surface area contributed by atoms with Gasteiger partial charge in [0.2, 0.25) is 9.05 Å². The van der Waals surface area contributed by atoms with Gasteiger partial charge in [-0.2, -0.15) is 0 Å². The van der Waals surface area contributed by atoms with E-state index in [1.54, 1.807) is 0 Å². The molecule has 3 nitrogen and oxygen atoms in total. The van der Waals surface area contributed by atoms with Gasteiger partial charge in [0.15, 0.2) is 0 Å². The second-order valence-corrected chi connectivity index (χ2v) is 8.01. The highest BCUT2D eigenvalue weighted by atomic mass is 35.7. The van der Waals surface area contributed by atoms with Gasteiger partial charge in [0.05, 0.1) is 5.75 Å². The quantitative estimate of drug-likeness (QED) is 0.845. The summed E-state index contributed by atoms with van der Waals surface area (Å²) in [6.45, 7) is 7.77. The van der Waals surface area contributed by atoms with Crippen molar-refractivity contribution in [1.29, 1.82) is 0 Å².